The minimum absolute atomic E-state index is 0.906. The molecule has 1 unspecified atom stereocenters. The van der Waals surface area contributed by atoms with Gasteiger partial charge in [-0.25, -0.2) is 0 Å². The maximum absolute atomic E-state index is 14.3. The van der Waals surface area contributed by atoms with Crippen molar-refractivity contribution in [3.63, 3.8) is 0 Å². The van der Waals surface area contributed by atoms with E-state index in [0.29, 0.717) is 0 Å². The summed E-state index contributed by atoms with van der Waals surface area (Å²) in [4.78, 5) is 0. The molecule has 3 aromatic rings. The van der Waals surface area contributed by atoms with Gasteiger partial charge < -0.3 is 4.57 Å². The number of rotatable bonds is 2. The van der Waals surface area contributed by atoms with Crippen molar-refractivity contribution >= 4 is 28.6 Å². The Morgan fingerprint density at radius 1 is 0.696 bits per heavy atom. The zero-order valence-corrected chi connectivity index (χ0v) is 13.8. The molecule has 0 fully saturated rings. The molecule has 0 N–H and O–H groups in total. The average molecular weight is 316 g/mol. The summed E-state index contributed by atoms with van der Waals surface area (Å²) >= 11 is 0. The second-order valence-corrected chi connectivity index (χ2v) is 8.47. The molecule has 0 saturated carbocycles. The first-order valence-electron chi connectivity index (χ1n) is 7.75. The fraction of sp³-hybridized carbons (Fsp3) is 0.0476. The van der Waals surface area contributed by atoms with E-state index in [9.17, 15) is 4.57 Å². The second kappa shape index (κ2) is 5.37. The smallest absolute Gasteiger partial charge is 0.172 e. The molecule has 23 heavy (non-hydrogen) atoms. The van der Waals surface area contributed by atoms with Gasteiger partial charge in [-0.1, -0.05) is 84.9 Å². The predicted octanol–water partition coefficient (Wildman–Crippen LogP) is 4.90. The lowest BCUT2D eigenvalue weighted by Crippen LogP contribution is -2.15. The Bertz CT molecular complexity index is 940. The van der Waals surface area contributed by atoms with E-state index in [1.54, 1.807) is 0 Å². The lowest BCUT2D eigenvalue weighted by Gasteiger charge is -2.19. The summed E-state index contributed by atoms with van der Waals surface area (Å²) in [5.41, 5.74) is 3.28. The lowest BCUT2D eigenvalue weighted by molar-refractivity contribution is 0.593. The standard InChI is InChI=1S/C21H17OP/c1-16-19-14-8-9-15-20(19)23(22,18-12-6-3-7-13-18)21(16)17-10-4-2-5-11-17/h2-15H,1H3. The molecule has 1 atom stereocenters. The van der Waals surface area contributed by atoms with Crippen LogP contribution in [0.15, 0.2) is 84.9 Å². The number of hydrogen-bond donors (Lipinski definition) is 0. The predicted molar refractivity (Wildman–Crippen MR) is 98.7 cm³/mol. The van der Waals surface area contributed by atoms with Crippen LogP contribution in [-0.2, 0) is 4.57 Å². The van der Waals surface area contributed by atoms with E-state index in [1.807, 2.05) is 66.7 Å². The van der Waals surface area contributed by atoms with Crippen molar-refractivity contribution in [1.82, 2.24) is 0 Å². The van der Waals surface area contributed by atoms with Crippen molar-refractivity contribution in [2.45, 2.75) is 6.92 Å². The van der Waals surface area contributed by atoms with Gasteiger partial charge in [0.15, 0.2) is 7.14 Å². The van der Waals surface area contributed by atoms with Gasteiger partial charge in [-0.15, -0.1) is 0 Å². The Morgan fingerprint density at radius 3 is 1.96 bits per heavy atom. The van der Waals surface area contributed by atoms with Gasteiger partial charge in [-0.05, 0) is 23.6 Å². The van der Waals surface area contributed by atoms with Crippen molar-refractivity contribution in [3.8, 4) is 0 Å². The van der Waals surface area contributed by atoms with Crippen molar-refractivity contribution in [2.75, 3.05) is 0 Å². The maximum Gasteiger partial charge on any atom is 0.172 e. The van der Waals surface area contributed by atoms with Crippen LogP contribution in [-0.4, -0.2) is 0 Å². The van der Waals surface area contributed by atoms with Crippen LogP contribution in [0.25, 0.3) is 10.9 Å². The van der Waals surface area contributed by atoms with Gasteiger partial charge in [0, 0.05) is 15.9 Å². The fourth-order valence-corrected chi connectivity index (χ4v) is 6.80. The quantitative estimate of drug-likeness (QED) is 0.614. The van der Waals surface area contributed by atoms with Crippen LogP contribution in [0.1, 0.15) is 18.1 Å². The summed E-state index contributed by atoms with van der Waals surface area (Å²) in [6.45, 7) is 2.09. The summed E-state index contributed by atoms with van der Waals surface area (Å²) in [5.74, 6) is 0. The summed E-state index contributed by atoms with van der Waals surface area (Å²) in [6, 6.07) is 28.1. The van der Waals surface area contributed by atoms with Gasteiger partial charge in [-0.2, -0.15) is 0 Å². The minimum atomic E-state index is -2.82. The highest BCUT2D eigenvalue weighted by atomic mass is 31.2. The van der Waals surface area contributed by atoms with Gasteiger partial charge in [-0.3, -0.25) is 0 Å². The van der Waals surface area contributed by atoms with Crippen molar-refractivity contribution < 1.29 is 4.57 Å². The average Bonchev–Trinajstić information content (AvgIpc) is 2.86. The van der Waals surface area contributed by atoms with E-state index in [1.165, 1.54) is 0 Å². The molecule has 2 heteroatoms. The first-order valence-corrected chi connectivity index (χ1v) is 9.46. The van der Waals surface area contributed by atoms with Crippen molar-refractivity contribution in [2.24, 2.45) is 0 Å². The van der Waals surface area contributed by atoms with Gasteiger partial charge >= 0.3 is 0 Å². The second-order valence-electron chi connectivity index (χ2n) is 5.80. The van der Waals surface area contributed by atoms with Gasteiger partial charge in [0.05, 0.1) is 0 Å². The van der Waals surface area contributed by atoms with Crippen LogP contribution in [0, 0.1) is 0 Å². The zero-order chi connectivity index (χ0) is 15.9. The molecular formula is C21H17OP. The Kier molecular flexibility index (Phi) is 3.32. The van der Waals surface area contributed by atoms with Gasteiger partial charge in [0.25, 0.3) is 0 Å². The van der Waals surface area contributed by atoms with E-state index in [4.69, 9.17) is 0 Å². The third kappa shape index (κ3) is 2.04. The largest absolute Gasteiger partial charge is 0.309 e. The van der Waals surface area contributed by atoms with Crippen LogP contribution in [0.2, 0.25) is 0 Å². The summed E-state index contributed by atoms with van der Waals surface area (Å²) in [5, 5.41) is 2.84. The summed E-state index contributed by atoms with van der Waals surface area (Å²) in [7, 11) is -2.82. The molecule has 0 aliphatic carbocycles. The van der Waals surface area contributed by atoms with Crippen molar-refractivity contribution in [1.29, 1.82) is 0 Å². The Hall–Kier alpha value is -2.37. The van der Waals surface area contributed by atoms with Gasteiger partial charge in [0.1, 0.15) is 0 Å². The first kappa shape index (κ1) is 14.2. The summed E-state index contributed by atoms with van der Waals surface area (Å²) in [6.07, 6.45) is 0. The highest BCUT2D eigenvalue weighted by Gasteiger charge is 2.41. The molecule has 0 aromatic heterocycles. The molecule has 112 valence electrons. The van der Waals surface area contributed by atoms with E-state index in [-0.39, 0.29) is 0 Å². The molecule has 1 aliphatic heterocycles. The normalized spacial score (nSPS) is 19.7. The molecule has 0 spiro atoms. The van der Waals surface area contributed by atoms with Crippen LogP contribution in [0.3, 0.4) is 0 Å². The topological polar surface area (TPSA) is 17.1 Å². The molecule has 0 radical (unpaired) electrons. The van der Waals surface area contributed by atoms with Crippen molar-refractivity contribution in [3.05, 3.63) is 96.1 Å². The number of hydrogen-bond acceptors (Lipinski definition) is 1. The third-order valence-electron chi connectivity index (χ3n) is 4.48. The minimum Gasteiger partial charge on any atom is -0.309 e. The highest BCUT2D eigenvalue weighted by Crippen LogP contribution is 2.63. The third-order valence-corrected chi connectivity index (χ3v) is 7.80. The molecule has 0 bridgehead atoms. The molecule has 1 aliphatic rings. The monoisotopic (exact) mass is 316 g/mol. The summed E-state index contributed by atoms with van der Waals surface area (Å²) < 4.78 is 14.3. The Morgan fingerprint density at radius 2 is 1.26 bits per heavy atom. The first-order chi connectivity index (χ1) is 11.2. The highest BCUT2D eigenvalue weighted by molar-refractivity contribution is 7.88. The van der Waals surface area contributed by atoms with Crippen LogP contribution in [0.5, 0.6) is 0 Å². The van der Waals surface area contributed by atoms with Crippen LogP contribution >= 0.6 is 7.14 Å². The molecule has 1 heterocycles. The van der Waals surface area contributed by atoms with E-state index >= 15 is 0 Å². The molecule has 0 amide bonds. The molecule has 4 rings (SSSR count). The molecular weight excluding hydrogens is 299 g/mol. The zero-order valence-electron chi connectivity index (χ0n) is 12.9. The van der Waals surface area contributed by atoms with Crippen LogP contribution < -0.4 is 10.6 Å². The number of benzene rings is 3. The Labute approximate surface area is 136 Å². The number of fused-ring (bicyclic) bond motifs is 1. The number of allylic oxidation sites excluding steroid dienone is 1. The SMILES string of the molecule is CC1=C(c2ccccc2)P(=O)(c2ccccc2)c2ccccc21. The van der Waals surface area contributed by atoms with E-state index < -0.39 is 7.14 Å². The lowest BCUT2D eigenvalue weighted by atomic mass is 10.0. The molecule has 1 nitrogen and oxygen atoms in total. The Balaban J connectivity index is 2.08. The van der Waals surface area contributed by atoms with Gasteiger partial charge in [0.2, 0.25) is 0 Å². The van der Waals surface area contributed by atoms with E-state index in [2.05, 4.69) is 25.1 Å². The maximum atomic E-state index is 14.3. The fourth-order valence-electron chi connectivity index (χ4n) is 3.45. The molecule has 0 saturated heterocycles. The van der Waals surface area contributed by atoms with Crippen LogP contribution in [0.4, 0.5) is 0 Å². The van der Waals surface area contributed by atoms with E-state index in [0.717, 1.165) is 32.6 Å². The molecule has 3 aromatic carbocycles.